The molecular weight excluding hydrogens is 1110 g/mol. The molecule has 0 radical (unpaired) electrons. The van der Waals surface area contributed by atoms with Crippen molar-refractivity contribution in [3.63, 3.8) is 0 Å². The number of benzene rings is 2. The van der Waals surface area contributed by atoms with Gasteiger partial charge in [0.1, 0.15) is 25.0 Å². The van der Waals surface area contributed by atoms with E-state index in [1.807, 2.05) is 0 Å². The highest BCUT2D eigenvalue weighted by atomic mass is 16.6. The zero-order valence-electron chi connectivity index (χ0n) is 50.8. The number of urea groups is 1. The maximum Gasteiger partial charge on any atom is 0.312 e. The van der Waals surface area contributed by atoms with Gasteiger partial charge in [0.25, 0.3) is 11.8 Å². The van der Waals surface area contributed by atoms with Crippen molar-refractivity contribution >= 4 is 41.3 Å². The van der Waals surface area contributed by atoms with Crippen molar-refractivity contribution in [3.8, 4) is 5.75 Å². The fourth-order valence-corrected chi connectivity index (χ4v) is 7.99. The molecule has 0 aliphatic carbocycles. The zero-order valence-corrected chi connectivity index (χ0v) is 50.8. The van der Waals surface area contributed by atoms with Crippen LogP contribution in [0.5, 0.6) is 5.75 Å². The van der Waals surface area contributed by atoms with E-state index in [0.29, 0.717) is 162 Å². The molecule has 24 nitrogen and oxygen atoms in total. The Labute approximate surface area is 500 Å². The summed E-state index contributed by atoms with van der Waals surface area (Å²) in [6.07, 6.45) is 2.29. The number of Topliss-reactive ketones (excluding diaryl/α,β-unsaturated/α-hetero) is 2. The van der Waals surface area contributed by atoms with Crippen molar-refractivity contribution in [2.45, 2.75) is 85.4 Å². The number of hydrogen-bond donors (Lipinski definition) is 3. The monoisotopic (exact) mass is 1200 g/mol. The average Bonchev–Trinajstić information content (AvgIpc) is 4.09. The van der Waals surface area contributed by atoms with Crippen LogP contribution in [0.1, 0.15) is 70.6 Å². The quantitative estimate of drug-likeness (QED) is 0.0482. The van der Waals surface area contributed by atoms with Crippen LogP contribution >= 0.6 is 0 Å². The summed E-state index contributed by atoms with van der Waals surface area (Å²) in [6, 6.07) is 11.0. The summed E-state index contributed by atoms with van der Waals surface area (Å²) in [5.41, 5.74) is 6.62. The van der Waals surface area contributed by atoms with Crippen molar-refractivity contribution < 1.29 is 95.1 Å². The number of methoxy groups -OCH3 is 1. The molecule has 478 valence electrons. The Morgan fingerprint density at radius 3 is 1.38 bits per heavy atom. The summed E-state index contributed by atoms with van der Waals surface area (Å²) in [6.45, 7) is 18.9. The number of esters is 1. The number of primary amides is 1. The van der Waals surface area contributed by atoms with Crippen molar-refractivity contribution in [2.24, 2.45) is 23.0 Å². The Balaban J connectivity index is 1.30. The maximum absolute atomic E-state index is 14.3. The molecule has 1 unspecified atom stereocenters. The summed E-state index contributed by atoms with van der Waals surface area (Å²) in [4.78, 5) is 92.8. The molecule has 3 rings (SSSR count). The number of nitrogens with zero attached hydrogens (tertiary/aromatic N) is 1. The number of hydrogen-bond acceptors (Lipinski definition) is 20. The van der Waals surface area contributed by atoms with Gasteiger partial charge < -0.3 is 77.9 Å². The number of carbonyl (C=O) groups excluding carboxylic acids is 7. The first kappa shape index (κ1) is 73.5. The van der Waals surface area contributed by atoms with E-state index in [-0.39, 0.29) is 57.2 Å². The SMILES string of the molecule is COCCOCCOCCOCCOCCOCCOCCOCCOCCOCCOCCOc1ccc(C[C@@H](C(=O)CC(C(=O)N[C@@H](CCCNC(N)=O)C(=O)Cc2ccc(COC(=O)C(C)(C)C)cc2)C(C)C)N2C(=O)C=CC2=O)cc1. The van der Waals surface area contributed by atoms with Crippen LogP contribution < -0.4 is 21.1 Å². The highest BCUT2D eigenvalue weighted by Crippen LogP contribution is 2.24. The summed E-state index contributed by atoms with van der Waals surface area (Å²) < 4.78 is 71.1. The standard InChI is InChI=1S/C61H94N4O20/c1-46(2)51(58(70)64-52(8-7-19-63-60(62)72)54(66)43-48-9-11-49(12-10-48)45-85-59(71)61(3,4)5)44-55(67)53(65-56(68)17-18-57(65)69)42-47-13-15-50(16-14-47)84-41-40-83-39-38-82-37-36-81-35-34-80-33-32-79-31-30-78-29-28-77-27-26-76-25-24-75-23-22-74-21-20-73-6/h9-18,46,51-53H,7-8,19-45H2,1-6H3,(H,64,70)(H3,62,63,72)/t51?,52-,53-/m0/s1. The number of amides is 5. The van der Waals surface area contributed by atoms with Crippen LogP contribution in [0, 0.1) is 17.3 Å². The minimum atomic E-state index is -1.23. The Morgan fingerprint density at radius 1 is 0.553 bits per heavy atom. The predicted molar refractivity (Wildman–Crippen MR) is 312 cm³/mol. The van der Waals surface area contributed by atoms with Gasteiger partial charge in [-0.05, 0) is 68.4 Å². The molecule has 0 saturated carbocycles. The van der Waals surface area contributed by atoms with Gasteiger partial charge in [0.2, 0.25) is 5.91 Å². The zero-order chi connectivity index (χ0) is 61.9. The molecule has 2 aromatic rings. The Morgan fingerprint density at radius 2 is 0.965 bits per heavy atom. The van der Waals surface area contributed by atoms with Gasteiger partial charge in [-0.1, -0.05) is 50.2 Å². The topological polar surface area (TPSA) is 293 Å². The first-order valence-corrected chi connectivity index (χ1v) is 29.2. The maximum atomic E-state index is 14.3. The number of imide groups is 1. The molecule has 1 aliphatic rings. The van der Waals surface area contributed by atoms with E-state index in [0.717, 1.165) is 22.6 Å². The molecular formula is C61H94N4O20. The third-order valence-electron chi connectivity index (χ3n) is 12.8. The van der Waals surface area contributed by atoms with Gasteiger partial charge in [-0.2, -0.15) is 0 Å². The molecule has 0 spiro atoms. The molecule has 0 bridgehead atoms. The minimum absolute atomic E-state index is 0.0195. The van der Waals surface area contributed by atoms with Gasteiger partial charge in [-0.15, -0.1) is 0 Å². The van der Waals surface area contributed by atoms with Gasteiger partial charge in [-0.25, -0.2) is 4.79 Å². The molecule has 0 aromatic heterocycles. The fourth-order valence-electron chi connectivity index (χ4n) is 7.99. The lowest BCUT2D eigenvalue weighted by Crippen LogP contribution is -2.49. The Bertz CT molecular complexity index is 2220. The summed E-state index contributed by atoms with van der Waals surface area (Å²) in [7, 11) is 1.63. The Hall–Kier alpha value is -5.77. The van der Waals surface area contributed by atoms with Crippen molar-refractivity contribution in [1.29, 1.82) is 0 Å². The lowest BCUT2D eigenvalue weighted by molar-refractivity contribution is -0.154. The molecule has 4 N–H and O–H groups in total. The third-order valence-corrected chi connectivity index (χ3v) is 12.8. The largest absolute Gasteiger partial charge is 0.491 e. The van der Waals surface area contributed by atoms with E-state index in [2.05, 4.69) is 10.6 Å². The van der Waals surface area contributed by atoms with Crippen LogP contribution in [-0.2, 0) is 105 Å². The molecule has 5 amide bonds. The van der Waals surface area contributed by atoms with Crippen LogP contribution in [0.2, 0.25) is 0 Å². The van der Waals surface area contributed by atoms with E-state index in [4.69, 9.17) is 67.3 Å². The molecule has 85 heavy (non-hydrogen) atoms. The summed E-state index contributed by atoms with van der Waals surface area (Å²) in [5, 5.41) is 5.36. The minimum Gasteiger partial charge on any atom is -0.491 e. The van der Waals surface area contributed by atoms with Gasteiger partial charge in [0, 0.05) is 51.0 Å². The molecule has 0 saturated heterocycles. The molecule has 3 atom stereocenters. The molecule has 24 heteroatoms. The van der Waals surface area contributed by atoms with Gasteiger partial charge in [-0.3, -0.25) is 33.7 Å². The lowest BCUT2D eigenvalue weighted by Gasteiger charge is -2.29. The molecule has 0 fully saturated rings. The van der Waals surface area contributed by atoms with Crippen molar-refractivity contribution in [1.82, 2.24) is 15.5 Å². The van der Waals surface area contributed by atoms with Crippen LogP contribution in [-0.4, -0.2) is 217 Å². The molecule has 1 aliphatic heterocycles. The first-order valence-electron chi connectivity index (χ1n) is 29.2. The van der Waals surface area contributed by atoms with E-state index in [1.54, 1.807) is 90.3 Å². The molecule has 1 heterocycles. The second kappa shape index (κ2) is 44.6. The second-order valence-electron chi connectivity index (χ2n) is 21.0. The van der Waals surface area contributed by atoms with Crippen LogP contribution in [0.3, 0.4) is 0 Å². The summed E-state index contributed by atoms with van der Waals surface area (Å²) >= 11 is 0. The number of nitrogens with one attached hydrogen (secondary N) is 2. The van der Waals surface area contributed by atoms with Gasteiger partial charge in [0.15, 0.2) is 11.6 Å². The first-order chi connectivity index (χ1) is 41.0. The highest BCUT2D eigenvalue weighted by Gasteiger charge is 2.39. The Kier molecular flexibility index (Phi) is 38.6. The van der Waals surface area contributed by atoms with Crippen LogP contribution in [0.15, 0.2) is 60.7 Å². The smallest absolute Gasteiger partial charge is 0.312 e. The van der Waals surface area contributed by atoms with E-state index < -0.39 is 58.9 Å². The number of nitrogens with two attached hydrogens (primary N) is 1. The van der Waals surface area contributed by atoms with E-state index >= 15 is 0 Å². The normalized spacial score (nSPS) is 13.5. The predicted octanol–water partition coefficient (Wildman–Crippen LogP) is 3.78. The molecule has 2 aromatic carbocycles. The van der Waals surface area contributed by atoms with Crippen molar-refractivity contribution in [2.75, 3.05) is 159 Å². The third kappa shape index (κ3) is 33.7. The van der Waals surface area contributed by atoms with Crippen molar-refractivity contribution in [3.05, 3.63) is 77.4 Å². The van der Waals surface area contributed by atoms with E-state index in [9.17, 15) is 33.6 Å². The fraction of sp³-hybridized carbons (Fsp3) is 0.656. The van der Waals surface area contributed by atoms with Crippen LogP contribution in [0.4, 0.5) is 4.79 Å². The van der Waals surface area contributed by atoms with E-state index in [1.165, 1.54) is 0 Å². The number of rotatable bonds is 52. The van der Waals surface area contributed by atoms with Gasteiger partial charge >= 0.3 is 12.0 Å². The summed E-state index contributed by atoms with van der Waals surface area (Å²) in [5.74, 6) is -3.80. The number of ether oxygens (including phenoxy) is 13. The average molecular weight is 1200 g/mol. The lowest BCUT2D eigenvalue weighted by atomic mass is 9.86. The second-order valence-corrected chi connectivity index (χ2v) is 21.0. The number of ketones is 2. The van der Waals surface area contributed by atoms with Gasteiger partial charge in [0.05, 0.1) is 150 Å². The van der Waals surface area contributed by atoms with Crippen LogP contribution in [0.25, 0.3) is 0 Å². The highest BCUT2D eigenvalue weighted by molar-refractivity contribution is 6.15. The number of carbonyl (C=O) groups is 7.